The minimum absolute atomic E-state index is 0.146. The van der Waals surface area contributed by atoms with Crippen LogP contribution in [0.2, 0.25) is 0 Å². The molecule has 0 radical (unpaired) electrons. The van der Waals surface area contributed by atoms with Crippen molar-refractivity contribution in [2.24, 2.45) is 10.7 Å². The van der Waals surface area contributed by atoms with Crippen molar-refractivity contribution in [3.8, 4) is 11.5 Å². The van der Waals surface area contributed by atoms with E-state index in [4.69, 9.17) is 15.2 Å². The van der Waals surface area contributed by atoms with Crippen LogP contribution in [0.5, 0.6) is 11.5 Å². The van der Waals surface area contributed by atoms with Crippen LogP contribution in [-0.2, 0) is 4.79 Å². The molecule has 1 atom stereocenters. The molecule has 0 fully saturated rings. The lowest BCUT2D eigenvalue weighted by atomic mass is 10.1. The number of aliphatic imine (C=N–C) groups is 1. The van der Waals surface area contributed by atoms with Gasteiger partial charge in [-0.15, -0.1) is 0 Å². The van der Waals surface area contributed by atoms with Gasteiger partial charge in [-0.3, -0.25) is 10.1 Å². The summed E-state index contributed by atoms with van der Waals surface area (Å²) >= 11 is 0. The Bertz CT molecular complexity index is 498. The summed E-state index contributed by atoms with van der Waals surface area (Å²) in [7, 11) is 0. The molecule has 2 aliphatic rings. The molecule has 0 aromatic heterocycles. The molecule has 3 N–H and O–H groups in total. The van der Waals surface area contributed by atoms with Crippen LogP contribution in [0.4, 0.5) is 0 Å². The number of carbonyl (C=O) groups is 1. The molecule has 16 heavy (non-hydrogen) atoms. The highest BCUT2D eigenvalue weighted by Gasteiger charge is 2.28. The van der Waals surface area contributed by atoms with E-state index in [9.17, 15) is 4.79 Å². The second-order valence-corrected chi connectivity index (χ2v) is 3.52. The predicted octanol–water partition coefficient (Wildman–Crippen LogP) is -0.0991. The maximum Gasteiger partial charge on any atom is 0.256 e. The van der Waals surface area contributed by atoms with Crippen molar-refractivity contribution >= 4 is 11.9 Å². The van der Waals surface area contributed by atoms with Crippen LogP contribution in [0.15, 0.2) is 23.2 Å². The minimum Gasteiger partial charge on any atom is -0.454 e. The number of guanidine groups is 1. The number of nitrogens with one attached hydrogen (secondary N) is 1. The van der Waals surface area contributed by atoms with Crippen LogP contribution in [0.1, 0.15) is 11.6 Å². The number of amides is 1. The molecule has 1 amide bonds. The van der Waals surface area contributed by atoms with Gasteiger partial charge in [0.25, 0.3) is 5.91 Å². The highest BCUT2D eigenvalue weighted by atomic mass is 16.7. The molecule has 2 aliphatic heterocycles. The summed E-state index contributed by atoms with van der Waals surface area (Å²) in [5.41, 5.74) is 6.17. The van der Waals surface area contributed by atoms with Crippen molar-refractivity contribution in [1.82, 2.24) is 5.32 Å². The summed E-state index contributed by atoms with van der Waals surface area (Å²) in [6.45, 7) is 0.209. The van der Waals surface area contributed by atoms with Crippen molar-refractivity contribution < 1.29 is 14.3 Å². The van der Waals surface area contributed by atoms with E-state index in [0.717, 1.165) is 5.56 Å². The summed E-state index contributed by atoms with van der Waals surface area (Å²) in [5.74, 6) is 1.23. The minimum atomic E-state index is -0.588. The van der Waals surface area contributed by atoms with Crippen LogP contribution in [0, 0.1) is 0 Å². The van der Waals surface area contributed by atoms with Gasteiger partial charge < -0.3 is 15.2 Å². The molecular formula is C10H9N3O3. The third-order valence-corrected chi connectivity index (χ3v) is 2.48. The van der Waals surface area contributed by atoms with Crippen molar-refractivity contribution in [1.29, 1.82) is 0 Å². The monoisotopic (exact) mass is 219 g/mol. The molecular weight excluding hydrogens is 210 g/mol. The first-order chi connectivity index (χ1) is 7.74. The molecule has 0 aliphatic carbocycles. The maximum absolute atomic E-state index is 11.5. The molecule has 0 saturated carbocycles. The zero-order valence-electron chi connectivity index (χ0n) is 8.27. The Balaban J connectivity index is 1.98. The molecule has 1 aromatic carbocycles. The van der Waals surface area contributed by atoms with E-state index in [2.05, 4.69) is 10.3 Å². The lowest BCUT2D eigenvalue weighted by Crippen LogP contribution is -2.31. The molecule has 6 heteroatoms. The number of ether oxygens (including phenoxy) is 2. The maximum atomic E-state index is 11.5. The number of nitrogens with two attached hydrogens (primary N) is 1. The fourth-order valence-corrected chi connectivity index (χ4v) is 1.73. The van der Waals surface area contributed by atoms with E-state index >= 15 is 0 Å². The predicted molar refractivity (Wildman–Crippen MR) is 55.1 cm³/mol. The fraction of sp³-hybridized carbons (Fsp3) is 0.200. The largest absolute Gasteiger partial charge is 0.454 e. The van der Waals surface area contributed by atoms with E-state index < -0.39 is 6.04 Å². The summed E-state index contributed by atoms with van der Waals surface area (Å²) in [6, 6.07) is 4.69. The quantitative estimate of drug-likeness (QED) is 0.690. The Hall–Kier alpha value is -2.24. The molecule has 6 nitrogen and oxygen atoms in total. The SMILES string of the molecule is NC1=NC(c2ccc3c(c2)OCO3)C(=O)N1. The first-order valence-corrected chi connectivity index (χ1v) is 4.78. The average Bonchev–Trinajstić information content (AvgIpc) is 2.83. The van der Waals surface area contributed by atoms with Crippen LogP contribution in [0.25, 0.3) is 0 Å². The van der Waals surface area contributed by atoms with Crippen LogP contribution in [0.3, 0.4) is 0 Å². The van der Waals surface area contributed by atoms with Crippen LogP contribution < -0.4 is 20.5 Å². The van der Waals surface area contributed by atoms with Gasteiger partial charge in [0, 0.05) is 0 Å². The van der Waals surface area contributed by atoms with Crippen LogP contribution >= 0.6 is 0 Å². The lowest BCUT2D eigenvalue weighted by Gasteiger charge is -2.05. The van der Waals surface area contributed by atoms with Gasteiger partial charge in [0.15, 0.2) is 23.5 Å². The first-order valence-electron chi connectivity index (χ1n) is 4.78. The Morgan fingerprint density at radius 1 is 1.38 bits per heavy atom. The van der Waals surface area contributed by atoms with Gasteiger partial charge in [-0.25, -0.2) is 4.99 Å². The Labute approximate surface area is 91.1 Å². The van der Waals surface area contributed by atoms with Crippen molar-refractivity contribution in [3.05, 3.63) is 23.8 Å². The smallest absolute Gasteiger partial charge is 0.256 e. The number of carbonyl (C=O) groups excluding carboxylic acids is 1. The molecule has 2 heterocycles. The second-order valence-electron chi connectivity index (χ2n) is 3.52. The summed E-state index contributed by atoms with van der Waals surface area (Å²) in [5, 5.41) is 2.45. The zero-order valence-corrected chi connectivity index (χ0v) is 8.27. The van der Waals surface area contributed by atoms with E-state index in [-0.39, 0.29) is 18.7 Å². The summed E-state index contributed by atoms with van der Waals surface area (Å²) in [4.78, 5) is 15.5. The van der Waals surface area contributed by atoms with Gasteiger partial charge in [0.1, 0.15) is 0 Å². The fourth-order valence-electron chi connectivity index (χ4n) is 1.73. The normalized spacial score (nSPS) is 21.9. The summed E-state index contributed by atoms with van der Waals surface area (Å²) in [6.07, 6.45) is 0. The molecule has 82 valence electrons. The first kappa shape index (κ1) is 9.02. The number of hydrogen-bond acceptors (Lipinski definition) is 5. The number of rotatable bonds is 1. The van der Waals surface area contributed by atoms with Crippen molar-refractivity contribution in [2.45, 2.75) is 6.04 Å². The van der Waals surface area contributed by atoms with E-state index in [1.807, 2.05) is 0 Å². The topological polar surface area (TPSA) is 85.9 Å². The zero-order chi connectivity index (χ0) is 11.1. The third kappa shape index (κ3) is 1.27. The van der Waals surface area contributed by atoms with Gasteiger partial charge in [0.05, 0.1) is 0 Å². The summed E-state index contributed by atoms with van der Waals surface area (Å²) < 4.78 is 10.4. The van der Waals surface area contributed by atoms with Gasteiger partial charge in [-0.1, -0.05) is 6.07 Å². The highest BCUT2D eigenvalue weighted by Crippen LogP contribution is 2.35. The molecule has 1 unspecified atom stereocenters. The van der Waals surface area contributed by atoms with Crippen LogP contribution in [-0.4, -0.2) is 18.7 Å². The second kappa shape index (κ2) is 3.13. The number of hydrogen-bond donors (Lipinski definition) is 2. The Morgan fingerprint density at radius 2 is 2.19 bits per heavy atom. The van der Waals surface area contributed by atoms with Gasteiger partial charge >= 0.3 is 0 Å². The Kier molecular flexibility index (Phi) is 1.76. The number of fused-ring (bicyclic) bond motifs is 1. The van der Waals surface area contributed by atoms with Crippen molar-refractivity contribution in [3.63, 3.8) is 0 Å². The van der Waals surface area contributed by atoms with E-state index in [0.29, 0.717) is 11.5 Å². The van der Waals surface area contributed by atoms with E-state index in [1.54, 1.807) is 18.2 Å². The highest BCUT2D eigenvalue weighted by molar-refractivity contribution is 6.04. The third-order valence-electron chi connectivity index (χ3n) is 2.48. The lowest BCUT2D eigenvalue weighted by molar-refractivity contribution is -0.120. The molecule has 3 rings (SSSR count). The molecule has 1 aromatic rings. The molecule has 0 spiro atoms. The number of nitrogens with zero attached hydrogens (tertiary/aromatic N) is 1. The number of benzene rings is 1. The van der Waals surface area contributed by atoms with E-state index in [1.165, 1.54) is 0 Å². The van der Waals surface area contributed by atoms with Gasteiger partial charge in [-0.05, 0) is 17.7 Å². The average molecular weight is 219 g/mol. The molecule has 0 saturated heterocycles. The molecule has 0 bridgehead atoms. The van der Waals surface area contributed by atoms with Gasteiger partial charge in [0.2, 0.25) is 6.79 Å². The van der Waals surface area contributed by atoms with Crippen molar-refractivity contribution in [2.75, 3.05) is 6.79 Å². The Morgan fingerprint density at radius 3 is 2.94 bits per heavy atom. The standard InChI is InChI=1S/C10H9N3O3/c11-10-12-8(9(14)13-10)5-1-2-6-7(3-5)16-4-15-6/h1-3,8H,4H2,(H3,11,12,13,14). The van der Waals surface area contributed by atoms with Gasteiger partial charge in [-0.2, -0.15) is 0 Å².